The zero-order chi connectivity index (χ0) is 29.6. The molecule has 4 aromatic rings. The molecule has 0 spiro atoms. The van der Waals surface area contributed by atoms with Crippen molar-refractivity contribution in [3.05, 3.63) is 113 Å². The summed E-state index contributed by atoms with van der Waals surface area (Å²) in [7, 11) is 0. The fourth-order valence-corrected chi connectivity index (χ4v) is 7.49. The molecular weight excluding hydrogens is 735 g/mol. The second-order valence-electron chi connectivity index (χ2n) is 12.1. The summed E-state index contributed by atoms with van der Waals surface area (Å²) in [5, 5.41) is 0. The average Bonchev–Trinajstić information content (AvgIpc) is 3.23. The van der Waals surface area contributed by atoms with Crippen molar-refractivity contribution in [1.29, 1.82) is 0 Å². The summed E-state index contributed by atoms with van der Waals surface area (Å²) < 4.78 is 3.69. The largest absolute Gasteiger partial charge is 0.300 e. The lowest BCUT2D eigenvalue weighted by Crippen LogP contribution is -2.15. The van der Waals surface area contributed by atoms with E-state index in [2.05, 4.69) is 169 Å². The van der Waals surface area contributed by atoms with Crippen molar-refractivity contribution >= 4 is 60.2 Å². The Morgan fingerprint density at radius 1 is 0.650 bits per heavy atom. The third kappa shape index (κ3) is 5.78. The van der Waals surface area contributed by atoms with Crippen molar-refractivity contribution in [2.45, 2.75) is 72.1 Å². The van der Waals surface area contributed by atoms with Crippen LogP contribution >= 0.6 is 54.5 Å². The van der Waals surface area contributed by atoms with Gasteiger partial charge in [0.25, 0.3) is 0 Å². The first-order chi connectivity index (χ1) is 18.7. The minimum absolute atomic E-state index is 0.107. The predicted octanol–water partition coefficient (Wildman–Crippen LogP) is 11.8. The number of halogens is 3. The summed E-state index contributed by atoms with van der Waals surface area (Å²) in [4.78, 5) is 9.44. The molecule has 0 amide bonds. The van der Waals surface area contributed by atoms with Crippen LogP contribution in [0.4, 0.5) is 0 Å². The number of rotatable bonds is 1. The van der Waals surface area contributed by atoms with Gasteiger partial charge in [-0.05, 0) is 127 Å². The molecule has 40 heavy (non-hydrogen) atoms. The van der Waals surface area contributed by atoms with Gasteiger partial charge in [0.15, 0.2) is 0 Å². The van der Waals surface area contributed by atoms with E-state index in [4.69, 9.17) is 0 Å². The van der Waals surface area contributed by atoms with E-state index in [1.165, 1.54) is 76.4 Å². The second kappa shape index (κ2) is 11.9. The molecule has 0 saturated heterocycles. The van der Waals surface area contributed by atoms with Gasteiger partial charge in [0.05, 0.1) is 0 Å². The summed E-state index contributed by atoms with van der Waals surface area (Å²) in [6.45, 7) is 16.8. The maximum absolute atomic E-state index is 9.44. The Hall–Kier alpha value is -1.76. The van der Waals surface area contributed by atoms with E-state index in [0.29, 0.717) is 5.92 Å². The summed E-state index contributed by atoms with van der Waals surface area (Å²) >= 11 is 9.76. The number of hydrogen-bond acceptors (Lipinski definition) is 1. The number of carbonyl (C=O) groups excluding carboxylic acids is 1. The van der Waals surface area contributed by atoms with Crippen LogP contribution in [0.25, 0.3) is 22.3 Å². The lowest BCUT2D eigenvalue weighted by molar-refractivity contribution is -0.114. The highest BCUT2D eigenvalue weighted by molar-refractivity contribution is 14.1. The first kappa shape index (κ1) is 31.2. The normalized spacial score (nSPS) is 14.6. The molecule has 0 fully saturated rings. The van der Waals surface area contributed by atoms with Gasteiger partial charge in [-0.2, -0.15) is 0 Å². The van der Waals surface area contributed by atoms with Crippen LogP contribution in [0.15, 0.2) is 81.7 Å². The molecule has 0 bridgehead atoms. The zero-order valence-corrected chi connectivity index (χ0v) is 29.9. The average molecular weight is 772 g/mol. The standard InChI is InChI=1S/C18H19Br.C15H12BrI.C3H6O/c1-11(2)13-9-16-14(10-17(13)19)12-7-5-6-8-15(12)18(16,3)4;1-15(2)11-6-4-3-5-9(11)10-7-13(16)14(17)8-12(10)15;1-3(2)4/h5-11H,1-4H3;3-8H,1-2H3;1-2H3. The van der Waals surface area contributed by atoms with E-state index in [1.807, 2.05) is 0 Å². The molecular formula is C36H37Br2IO. The molecule has 4 aromatic carbocycles. The van der Waals surface area contributed by atoms with Gasteiger partial charge in [-0.15, -0.1) is 0 Å². The van der Waals surface area contributed by atoms with Gasteiger partial charge in [-0.1, -0.05) is 112 Å². The van der Waals surface area contributed by atoms with Crippen LogP contribution in [0.3, 0.4) is 0 Å². The van der Waals surface area contributed by atoms with Crippen LogP contribution in [0.2, 0.25) is 0 Å². The lowest BCUT2D eigenvalue weighted by Gasteiger charge is -2.23. The van der Waals surface area contributed by atoms with Crippen LogP contribution in [0.5, 0.6) is 0 Å². The van der Waals surface area contributed by atoms with E-state index in [1.54, 1.807) is 0 Å². The Kier molecular flexibility index (Phi) is 9.24. The van der Waals surface area contributed by atoms with Crippen LogP contribution in [-0.2, 0) is 15.6 Å². The third-order valence-corrected chi connectivity index (χ3v) is 10.9. The lowest BCUT2D eigenvalue weighted by atomic mass is 9.81. The number of hydrogen-bond donors (Lipinski definition) is 0. The Bertz CT molecular complexity index is 1590. The zero-order valence-electron chi connectivity index (χ0n) is 24.5. The minimum atomic E-state index is 0.107. The van der Waals surface area contributed by atoms with Crippen molar-refractivity contribution < 1.29 is 4.79 Å². The molecule has 2 aliphatic rings. The van der Waals surface area contributed by atoms with Crippen molar-refractivity contribution in [2.24, 2.45) is 0 Å². The first-order valence-corrected chi connectivity index (χ1v) is 16.3. The minimum Gasteiger partial charge on any atom is -0.300 e. The van der Waals surface area contributed by atoms with Crippen LogP contribution in [0.1, 0.15) is 89.1 Å². The quantitative estimate of drug-likeness (QED) is 0.176. The van der Waals surface area contributed by atoms with E-state index >= 15 is 0 Å². The summed E-state index contributed by atoms with van der Waals surface area (Å²) in [6, 6.07) is 26.8. The van der Waals surface area contributed by atoms with Gasteiger partial charge in [0, 0.05) is 23.3 Å². The van der Waals surface area contributed by atoms with Crippen LogP contribution in [-0.4, -0.2) is 5.78 Å². The molecule has 1 nitrogen and oxygen atoms in total. The number of carbonyl (C=O) groups is 1. The second-order valence-corrected chi connectivity index (χ2v) is 15.0. The molecule has 0 atom stereocenters. The molecule has 0 aliphatic heterocycles. The number of fused-ring (bicyclic) bond motifs is 6. The molecule has 0 aromatic heterocycles. The fraction of sp³-hybridized carbons (Fsp3) is 0.306. The molecule has 0 unspecified atom stereocenters. The number of ketones is 1. The molecule has 0 heterocycles. The van der Waals surface area contributed by atoms with Crippen LogP contribution < -0.4 is 0 Å². The summed E-state index contributed by atoms with van der Waals surface area (Å²) in [5.74, 6) is 0.708. The molecule has 208 valence electrons. The molecule has 0 saturated carbocycles. The molecule has 0 N–H and O–H groups in total. The Labute approximate surface area is 270 Å². The number of Topliss-reactive ketones (excluding diaryl/α,β-unsaturated/α-hetero) is 1. The summed E-state index contributed by atoms with van der Waals surface area (Å²) in [5.41, 5.74) is 12.9. The summed E-state index contributed by atoms with van der Waals surface area (Å²) in [6.07, 6.45) is 0. The Morgan fingerprint density at radius 2 is 1.05 bits per heavy atom. The van der Waals surface area contributed by atoms with E-state index in [0.717, 1.165) is 0 Å². The van der Waals surface area contributed by atoms with Gasteiger partial charge in [0.1, 0.15) is 5.78 Å². The van der Waals surface area contributed by atoms with Gasteiger partial charge < -0.3 is 4.79 Å². The highest BCUT2D eigenvalue weighted by atomic mass is 127. The van der Waals surface area contributed by atoms with Gasteiger partial charge in [0.2, 0.25) is 0 Å². The van der Waals surface area contributed by atoms with Crippen molar-refractivity contribution in [3.8, 4) is 22.3 Å². The predicted molar refractivity (Wildman–Crippen MR) is 187 cm³/mol. The van der Waals surface area contributed by atoms with Gasteiger partial charge in [-0.3, -0.25) is 0 Å². The maximum Gasteiger partial charge on any atom is 0.126 e. The Balaban J connectivity index is 0.000000164. The molecule has 2 aliphatic carbocycles. The Morgan fingerprint density at radius 3 is 1.50 bits per heavy atom. The van der Waals surface area contributed by atoms with Gasteiger partial charge in [-0.25, -0.2) is 0 Å². The van der Waals surface area contributed by atoms with E-state index < -0.39 is 0 Å². The molecule has 4 heteroatoms. The van der Waals surface area contributed by atoms with E-state index in [9.17, 15) is 4.79 Å². The highest BCUT2D eigenvalue weighted by Gasteiger charge is 2.36. The highest BCUT2D eigenvalue weighted by Crippen LogP contribution is 2.51. The topological polar surface area (TPSA) is 17.1 Å². The fourth-order valence-electron chi connectivity index (χ4n) is 5.88. The van der Waals surface area contributed by atoms with Gasteiger partial charge >= 0.3 is 0 Å². The SMILES string of the molecule is CC(C)=O.CC(C)c1cc2c(cc1Br)-c1ccccc1C2(C)C.CC1(C)c2ccccc2-c2cc(Br)c(I)cc21. The molecule has 6 rings (SSSR count). The maximum atomic E-state index is 9.44. The molecule has 0 radical (unpaired) electrons. The smallest absolute Gasteiger partial charge is 0.126 e. The van der Waals surface area contributed by atoms with E-state index in [-0.39, 0.29) is 16.6 Å². The number of benzene rings is 4. The van der Waals surface area contributed by atoms with Crippen molar-refractivity contribution in [3.63, 3.8) is 0 Å². The van der Waals surface area contributed by atoms with Crippen LogP contribution in [0, 0.1) is 3.57 Å². The van der Waals surface area contributed by atoms with Crippen molar-refractivity contribution in [2.75, 3.05) is 0 Å². The monoisotopic (exact) mass is 770 g/mol. The van der Waals surface area contributed by atoms with Crippen molar-refractivity contribution in [1.82, 2.24) is 0 Å². The third-order valence-electron chi connectivity index (χ3n) is 7.95. The first-order valence-electron chi connectivity index (χ1n) is 13.7.